The lowest BCUT2D eigenvalue weighted by molar-refractivity contribution is -0.144. The average molecular weight is 348 g/mol. The van der Waals surface area contributed by atoms with Crippen LogP contribution in [-0.4, -0.2) is 36.4 Å². The molecule has 0 atom stereocenters. The van der Waals surface area contributed by atoms with E-state index in [-0.39, 0.29) is 24.8 Å². The maximum Gasteiger partial charge on any atom is 0.312 e. The van der Waals surface area contributed by atoms with Gasteiger partial charge in [0.05, 0.1) is 12.1 Å². The van der Waals surface area contributed by atoms with Gasteiger partial charge < -0.3 is 9.47 Å². The third kappa shape index (κ3) is 5.56. The van der Waals surface area contributed by atoms with E-state index in [1.165, 1.54) is 7.11 Å². The van der Waals surface area contributed by atoms with Crippen LogP contribution >= 0.6 is 11.3 Å². The van der Waals surface area contributed by atoms with Gasteiger partial charge in [-0.25, -0.2) is 4.98 Å². The lowest BCUT2D eigenvalue weighted by Crippen LogP contribution is -2.26. The highest BCUT2D eigenvalue weighted by Crippen LogP contribution is 2.16. The van der Waals surface area contributed by atoms with Crippen LogP contribution in [0.1, 0.15) is 11.3 Å². The monoisotopic (exact) mass is 348 g/mol. The van der Waals surface area contributed by atoms with Crippen molar-refractivity contribution >= 4 is 34.1 Å². The van der Waals surface area contributed by atoms with Gasteiger partial charge in [0.25, 0.3) is 5.91 Å². The predicted molar refractivity (Wildman–Crippen MR) is 87.6 cm³/mol. The summed E-state index contributed by atoms with van der Waals surface area (Å²) < 4.78 is 9.76. The fourth-order valence-corrected chi connectivity index (χ4v) is 2.45. The molecule has 0 saturated heterocycles. The van der Waals surface area contributed by atoms with Crippen LogP contribution in [0.3, 0.4) is 0 Å². The lowest BCUT2D eigenvalue weighted by Gasteiger charge is -2.03. The number of nitrogens with one attached hydrogen (secondary N) is 1. The molecule has 126 valence electrons. The Morgan fingerprint density at radius 2 is 1.96 bits per heavy atom. The Balaban J connectivity index is 1.81. The molecule has 0 bridgehead atoms. The van der Waals surface area contributed by atoms with Crippen LogP contribution in [0.4, 0.5) is 5.13 Å². The highest BCUT2D eigenvalue weighted by Gasteiger charge is 2.16. The number of amides is 1. The number of methoxy groups -OCH3 is 1. The highest BCUT2D eigenvalue weighted by atomic mass is 32.1. The Bertz CT molecular complexity index is 714. The average Bonchev–Trinajstić information content (AvgIpc) is 3.01. The summed E-state index contributed by atoms with van der Waals surface area (Å²) >= 11 is 1.13. The molecule has 7 nitrogen and oxygen atoms in total. The molecule has 0 aliphatic carbocycles. The van der Waals surface area contributed by atoms with Crippen LogP contribution in [0.2, 0.25) is 0 Å². The number of aromatic nitrogens is 1. The van der Waals surface area contributed by atoms with Gasteiger partial charge in [0.2, 0.25) is 5.78 Å². The Morgan fingerprint density at radius 1 is 1.21 bits per heavy atom. The summed E-state index contributed by atoms with van der Waals surface area (Å²) in [6.45, 7) is -0.102. The van der Waals surface area contributed by atoms with Crippen molar-refractivity contribution in [1.82, 2.24) is 4.98 Å². The number of esters is 1. The van der Waals surface area contributed by atoms with Crippen LogP contribution < -0.4 is 5.32 Å². The zero-order valence-corrected chi connectivity index (χ0v) is 13.8. The van der Waals surface area contributed by atoms with Crippen LogP contribution in [0.15, 0.2) is 35.7 Å². The van der Waals surface area contributed by atoms with Crippen molar-refractivity contribution in [2.75, 3.05) is 19.0 Å². The summed E-state index contributed by atoms with van der Waals surface area (Å²) in [5.74, 6) is -1.92. The first-order valence-electron chi connectivity index (χ1n) is 7.05. The summed E-state index contributed by atoms with van der Waals surface area (Å²) in [6.07, 6.45) is -0.00871. The van der Waals surface area contributed by atoms with Gasteiger partial charge in [-0.3, -0.25) is 19.7 Å². The van der Waals surface area contributed by atoms with Gasteiger partial charge in [0, 0.05) is 12.5 Å². The third-order valence-electron chi connectivity index (χ3n) is 2.87. The molecule has 1 aromatic carbocycles. The van der Waals surface area contributed by atoms with E-state index in [1.54, 1.807) is 5.38 Å². The van der Waals surface area contributed by atoms with Gasteiger partial charge in [-0.05, 0) is 5.56 Å². The van der Waals surface area contributed by atoms with Crippen molar-refractivity contribution < 1.29 is 23.9 Å². The molecule has 0 aliphatic heterocycles. The molecule has 2 rings (SSSR count). The van der Waals surface area contributed by atoms with Crippen molar-refractivity contribution in [3.05, 3.63) is 47.0 Å². The summed E-state index contributed by atoms with van der Waals surface area (Å²) in [7, 11) is 1.33. The van der Waals surface area contributed by atoms with E-state index < -0.39 is 17.7 Å². The van der Waals surface area contributed by atoms with Gasteiger partial charge in [0.15, 0.2) is 5.13 Å². The fourth-order valence-electron chi connectivity index (χ4n) is 1.75. The second-order valence-corrected chi connectivity index (χ2v) is 5.64. The molecule has 1 heterocycles. The van der Waals surface area contributed by atoms with Gasteiger partial charge >= 0.3 is 5.97 Å². The maximum atomic E-state index is 11.8. The number of thiazole rings is 1. The number of ether oxygens (including phenoxy) is 2. The van der Waals surface area contributed by atoms with Gasteiger partial charge in [-0.1, -0.05) is 30.3 Å². The lowest BCUT2D eigenvalue weighted by atomic mass is 10.2. The number of nitrogens with zero attached hydrogens (tertiary/aromatic N) is 1. The Labute approximate surface area is 142 Å². The molecule has 0 unspecified atom stereocenters. The van der Waals surface area contributed by atoms with Crippen LogP contribution in [0.25, 0.3) is 0 Å². The van der Waals surface area contributed by atoms with E-state index in [0.29, 0.717) is 5.69 Å². The number of hydrogen-bond donors (Lipinski definition) is 1. The Hall–Kier alpha value is -2.58. The van der Waals surface area contributed by atoms with Gasteiger partial charge in [-0.15, -0.1) is 11.3 Å². The minimum absolute atomic E-state index is 0.00871. The number of rotatable bonds is 8. The van der Waals surface area contributed by atoms with Crippen LogP contribution in [0.5, 0.6) is 0 Å². The van der Waals surface area contributed by atoms with E-state index in [2.05, 4.69) is 15.0 Å². The summed E-state index contributed by atoms with van der Waals surface area (Å²) in [5.41, 5.74) is 1.36. The first-order valence-corrected chi connectivity index (χ1v) is 7.93. The molecular weight excluding hydrogens is 332 g/mol. The molecule has 0 radical (unpaired) electrons. The third-order valence-corrected chi connectivity index (χ3v) is 3.68. The minimum atomic E-state index is -0.801. The number of ketones is 1. The normalized spacial score (nSPS) is 10.2. The molecule has 8 heteroatoms. The van der Waals surface area contributed by atoms with E-state index in [9.17, 15) is 14.4 Å². The second kappa shape index (κ2) is 8.90. The molecule has 1 aromatic heterocycles. The number of benzene rings is 1. The quantitative estimate of drug-likeness (QED) is 0.575. The largest absolute Gasteiger partial charge is 0.461 e. The number of carbonyl (C=O) groups is 3. The van der Waals surface area contributed by atoms with Gasteiger partial charge in [-0.2, -0.15) is 0 Å². The van der Waals surface area contributed by atoms with Crippen LogP contribution in [0, 0.1) is 0 Å². The molecular formula is C16H16N2O5S. The van der Waals surface area contributed by atoms with E-state index in [1.807, 2.05) is 30.3 Å². The Morgan fingerprint density at radius 3 is 2.67 bits per heavy atom. The van der Waals surface area contributed by atoms with Crippen molar-refractivity contribution in [2.45, 2.75) is 13.0 Å². The van der Waals surface area contributed by atoms with Crippen molar-refractivity contribution in [2.24, 2.45) is 0 Å². The SMILES string of the molecule is COCC(=O)C(=O)Nc1nc(CC(=O)OCc2ccccc2)cs1. The molecule has 24 heavy (non-hydrogen) atoms. The molecule has 0 aliphatic rings. The molecule has 0 saturated carbocycles. The van der Waals surface area contributed by atoms with Crippen molar-refractivity contribution in [3.63, 3.8) is 0 Å². The minimum Gasteiger partial charge on any atom is -0.461 e. The van der Waals surface area contributed by atoms with E-state index >= 15 is 0 Å². The fraction of sp³-hybridized carbons (Fsp3) is 0.250. The second-order valence-electron chi connectivity index (χ2n) is 4.78. The zero-order valence-electron chi connectivity index (χ0n) is 13.0. The van der Waals surface area contributed by atoms with Crippen molar-refractivity contribution in [1.29, 1.82) is 0 Å². The number of carbonyl (C=O) groups excluding carboxylic acids is 3. The molecule has 0 fully saturated rings. The van der Waals surface area contributed by atoms with Gasteiger partial charge in [0.1, 0.15) is 13.2 Å². The Kier molecular flexibility index (Phi) is 6.59. The smallest absolute Gasteiger partial charge is 0.312 e. The first-order chi connectivity index (χ1) is 11.6. The van der Waals surface area contributed by atoms with E-state index in [0.717, 1.165) is 16.9 Å². The zero-order chi connectivity index (χ0) is 17.4. The molecule has 1 amide bonds. The van der Waals surface area contributed by atoms with Crippen molar-refractivity contribution in [3.8, 4) is 0 Å². The standard InChI is InChI=1S/C16H16N2O5S/c1-22-9-13(19)15(21)18-16-17-12(10-24-16)7-14(20)23-8-11-5-3-2-4-6-11/h2-6,10H,7-9H2,1H3,(H,17,18,21). The molecule has 0 spiro atoms. The number of anilines is 1. The van der Waals surface area contributed by atoms with E-state index in [4.69, 9.17) is 4.74 Å². The van der Waals surface area contributed by atoms with Crippen LogP contribution in [-0.2, 0) is 36.9 Å². The molecule has 2 aromatic rings. The summed E-state index contributed by atoms with van der Waals surface area (Å²) in [4.78, 5) is 38.7. The summed E-state index contributed by atoms with van der Waals surface area (Å²) in [5, 5.41) is 4.24. The maximum absolute atomic E-state index is 11.8. The number of Topliss-reactive ketones (excluding diaryl/α,β-unsaturated/α-hetero) is 1. The topological polar surface area (TPSA) is 94.6 Å². The predicted octanol–water partition coefficient (Wildman–Crippen LogP) is 1.58. The summed E-state index contributed by atoms with van der Waals surface area (Å²) in [6, 6.07) is 9.34. The first kappa shape index (κ1) is 17.8. The highest BCUT2D eigenvalue weighted by molar-refractivity contribution is 7.14. The molecule has 1 N–H and O–H groups in total. The number of hydrogen-bond acceptors (Lipinski definition) is 7.